The molecular weight excluding hydrogens is 434 g/mol. The van der Waals surface area contributed by atoms with Gasteiger partial charge in [-0.2, -0.15) is 4.68 Å². The second-order valence-electron chi connectivity index (χ2n) is 8.15. The van der Waals surface area contributed by atoms with E-state index < -0.39 is 5.97 Å². The molecule has 1 saturated heterocycles. The molecule has 0 spiro atoms. The van der Waals surface area contributed by atoms with Gasteiger partial charge in [0.15, 0.2) is 0 Å². The van der Waals surface area contributed by atoms with Crippen LogP contribution in [-0.2, 0) is 4.74 Å². The van der Waals surface area contributed by atoms with Crippen LogP contribution in [0.3, 0.4) is 0 Å². The molecule has 2 amide bonds. The Balaban J connectivity index is 1.44. The number of piperazine rings is 1. The number of carbonyl (C=O) groups is 2. The molecule has 1 aliphatic rings. The zero-order valence-corrected chi connectivity index (χ0v) is 19.4. The summed E-state index contributed by atoms with van der Waals surface area (Å²) in [4.78, 5) is 40.9. The Morgan fingerprint density at radius 2 is 1.68 bits per heavy atom. The molecule has 0 saturated carbocycles. The van der Waals surface area contributed by atoms with E-state index in [0.29, 0.717) is 43.2 Å². The summed E-state index contributed by atoms with van der Waals surface area (Å²) >= 11 is 0. The van der Waals surface area contributed by atoms with Crippen molar-refractivity contribution in [3.8, 4) is 5.69 Å². The number of nitrogens with one attached hydrogen (secondary N) is 1. The van der Waals surface area contributed by atoms with Gasteiger partial charge in [0.1, 0.15) is 5.82 Å². The van der Waals surface area contributed by atoms with Crippen LogP contribution in [0.25, 0.3) is 5.69 Å². The van der Waals surface area contributed by atoms with Gasteiger partial charge in [-0.1, -0.05) is 18.2 Å². The third-order valence-corrected chi connectivity index (χ3v) is 5.99. The smallest absolute Gasteiger partial charge is 0.339 e. The number of ether oxygens (including phenoxy) is 1. The number of esters is 1. The fourth-order valence-electron chi connectivity index (χ4n) is 3.83. The molecule has 9 nitrogen and oxygen atoms in total. The van der Waals surface area contributed by atoms with Crippen molar-refractivity contribution in [3.05, 3.63) is 81.6 Å². The summed E-state index contributed by atoms with van der Waals surface area (Å²) in [5, 5.41) is 7.38. The highest BCUT2D eigenvalue weighted by atomic mass is 16.5. The van der Waals surface area contributed by atoms with E-state index in [1.54, 1.807) is 35.2 Å². The van der Waals surface area contributed by atoms with Gasteiger partial charge in [0.05, 0.1) is 24.0 Å². The van der Waals surface area contributed by atoms with E-state index in [1.165, 1.54) is 17.9 Å². The zero-order valence-electron chi connectivity index (χ0n) is 19.4. The number of hydrogen-bond donors (Lipinski definition) is 1. The first-order valence-electron chi connectivity index (χ1n) is 11.0. The van der Waals surface area contributed by atoms with Crippen LogP contribution in [0.4, 0.5) is 16.3 Å². The molecule has 1 aliphatic heterocycles. The molecule has 34 heavy (non-hydrogen) atoms. The fourth-order valence-corrected chi connectivity index (χ4v) is 3.83. The summed E-state index contributed by atoms with van der Waals surface area (Å²) < 4.78 is 6.19. The number of para-hydroxylation sites is 1. The minimum absolute atomic E-state index is 0.200. The van der Waals surface area contributed by atoms with Gasteiger partial charge in [-0.25, -0.2) is 9.59 Å². The van der Waals surface area contributed by atoms with Crippen LogP contribution >= 0.6 is 0 Å². The molecule has 9 heteroatoms. The Bertz CT molecular complexity index is 1280. The minimum Gasteiger partial charge on any atom is -0.465 e. The van der Waals surface area contributed by atoms with Crippen molar-refractivity contribution in [2.75, 3.05) is 43.5 Å². The molecule has 0 atom stereocenters. The SMILES string of the molecule is COC(=O)c1ccccc1NC(=O)N1CCN(c2ccc(=O)n(-c3ccc(C)c(C)c3)n2)CC1. The van der Waals surface area contributed by atoms with E-state index >= 15 is 0 Å². The molecule has 2 aromatic carbocycles. The number of methoxy groups -OCH3 is 1. The first-order chi connectivity index (χ1) is 16.4. The van der Waals surface area contributed by atoms with Crippen LogP contribution in [0.5, 0.6) is 0 Å². The molecule has 0 bridgehead atoms. The van der Waals surface area contributed by atoms with Gasteiger partial charge in [-0.05, 0) is 55.3 Å². The molecule has 1 N–H and O–H groups in total. The Labute approximate surface area is 197 Å². The topological polar surface area (TPSA) is 96.8 Å². The maximum absolute atomic E-state index is 12.8. The highest BCUT2D eigenvalue weighted by Gasteiger charge is 2.24. The number of amides is 2. The molecule has 2 heterocycles. The number of carbonyl (C=O) groups excluding carboxylic acids is 2. The summed E-state index contributed by atoms with van der Waals surface area (Å²) in [6.07, 6.45) is 0. The van der Waals surface area contributed by atoms with E-state index in [4.69, 9.17) is 4.74 Å². The molecule has 1 aromatic heterocycles. The second-order valence-corrected chi connectivity index (χ2v) is 8.15. The molecular formula is C25H27N5O4. The second kappa shape index (κ2) is 9.78. The third-order valence-electron chi connectivity index (χ3n) is 5.99. The molecule has 1 fully saturated rings. The van der Waals surface area contributed by atoms with Crippen LogP contribution < -0.4 is 15.8 Å². The largest absolute Gasteiger partial charge is 0.465 e. The first-order valence-corrected chi connectivity index (χ1v) is 11.0. The quantitative estimate of drug-likeness (QED) is 0.600. The molecule has 0 radical (unpaired) electrons. The van der Waals surface area contributed by atoms with Crippen molar-refractivity contribution in [1.82, 2.24) is 14.7 Å². The Kier molecular flexibility index (Phi) is 6.62. The lowest BCUT2D eigenvalue weighted by molar-refractivity contribution is 0.0602. The van der Waals surface area contributed by atoms with E-state index in [2.05, 4.69) is 10.4 Å². The van der Waals surface area contributed by atoms with Crippen molar-refractivity contribution >= 4 is 23.5 Å². The van der Waals surface area contributed by atoms with Crippen molar-refractivity contribution in [2.45, 2.75) is 13.8 Å². The maximum atomic E-state index is 12.8. The lowest BCUT2D eigenvalue weighted by Gasteiger charge is -2.35. The normalized spacial score (nSPS) is 13.5. The van der Waals surface area contributed by atoms with Crippen LogP contribution in [-0.4, -0.2) is 60.0 Å². The van der Waals surface area contributed by atoms with Crippen molar-refractivity contribution < 1.29 is 14.3 Å². The lowest BCUT2D eigenvalue weighted by atomic mass is 10.1. The van der Waals surface area contributed by atoms with E-state index in [0.717, 1.165) is 16.8 Å². The average Bonchev–Trinajstić information content (AvgIpc) is 2.86. The van der Waals surface area contributed by atoms with E-state index in [9.17, 15) is 14.4 Å². The first kappa shape index (κ1) is 23.0. The molecule has 0 aliphatic carbocycles. The highest BCUT2D eigenvalue weighted by Crippen LogP contribution is 2.19. The summed E-state index contributed by atoms with van der Waals surface area (Å²) in [7, 11) is 1.30. The molecule has 3 aromatic rings. The Morgan fingerprint density at radius 1 is 0.941 bits per heavy atom. The number of urea groups is 1. The Morgan fingerprint density at radius 3 is 2.38 bits per heavy atom. The lowest BCUT2D eigenvalue weighted by Crippen LogP contribution is -2.50. The number of anilines is 2. The Hall–Kier alpha value is -4.14. The van der Waals surface area contributed by atoms with Gasteiger partial charge < -0.3 is 19.9 Å². The van der Waals surface area contributed by atoms with Gasteiger partial charge in [0.2, 0.25) is 0 Å². The number of rotatable bonds is 4. The summed E-state index contributed by atoms with van der Waals surface area (Å²) in [6.45, 7) is 6.08. The summed E-state index contributed by atoms with van der Waals surface area (Å²) in [6, 6.07) is 15.5. The highest BCUT2D eigenvalue weighted by molar-refractivity contribution is 6.00. The van der Waals surface area contributed by atoms with Crippen molar-refractivity contribution in [1.29, 1.82) is 0 Å². The molecule has 0 unspecified atom stereocenters. The standard InChI is InChI=1S/C25H27N5O4/c1-17-8-9-19(16-18(17)2)30-23(31)11-10-22(27-30)28-12-14-29(15-13-28)25(33)26-21-7-5-4-6-20(21)24(32)34-3/h4-11,16H,12-15H2,1-3H3,(H,26,33). The zero-order chi connectivity index (χ0) is 24.2. The van der Waals surface area contributed by atoms with Gasteiger partial charge in [-0.3, -0.25) is 4.79 Å². The number of hydrogen-bond acceptors (Lipinski definition) is 6. The van der Waals surface area contributed by atoms with Gasteiger partial charge in [0.25, 0.3) is 5.56 Å². The van der Waals surface area contributed by atoms with Crippen LogP contribution in [0, 0.1) is 13.8 Å². The van der Waals surface area contributed by atoms with E-state index in [-0.39, 0.29) is 11.6 Å². The molecule has 4 rings (SSSR count). The summed E-state index contributed by atoms with van der Waals surface area (Å²) in [5.41, 5.74) is 3.46. The predicted octanol–water partition coefficient (Wildman–Crippen LogP) is 2.99. The number of benzene rings is 2. The van der Waals surface area contributed by atoms with Crippen LogP contribution in [0.2, 0.25) is 0 Å². The average molecular weight is 462 g/mol. The monoisotopic (exact) mass is 461 g/mol. The predicted molar refractivity (Wildman–Crippen MR) is 130 cm³/mol. The van der Waals surface area contributed by atoms with Gasteiger partial charge >= 0.3 is 12.0 Å². The third kappa shape index (κ3) is 4.78. The van der Waals surface area contributed by atoms with Crippen LogP contribution in [0.1, 0.15) is 21.5 Å². The number of nitrogens with zero attached hydrogens (tertiary/aromatic N) is 4. The van der Waals surface area contributed by atoms with Gasteiger partial charge in [0, 0.05) is 32.2 Å². The fraction of sp³-hybridized carbons (Fsp3) is 0.280. The number of aromatic nitrogens is 2. The van der Waals surface area contributed by atoms with Gasteiger partial charge in [-0.15, -0.1) is 5.10 Å². The molecule has 176 valence electrons. The van der Waals surface area contributed by atoms with Crippen molar-refractivity contribution in [3.63, 3.8) is 0 Å². The summed E-state index contributed by atoms with van der Waals surface area (Å²) in [5.74, 6) is 0.166. The number of aryl methyl sites for hydroxylation is 2. The van der Waals surface area contributed by atoms with E-state index in [1.807, 2.05) is 36.9 Å². The van der Waals surface area contributed by atoms with Crippen molar-refractivity contribution in [2.24, 2.45) is 0 Å². The minimum atomic E-state index is -0.509. The van der Waals surface area contributed by atoms with Crippen LogP contribution in [0.15, 0.2) is 59.4 Å². The maximum Gasteiger partial charge on any atom is 0.339 e.